The second-order valence-corrected chi connectivity index (χ2v) is 19.4. The van der Waals surface area contributed by atoms with E-state index in [9.17, 15) is 37.6 Å². The average molecular weight is 1010 g/mol. The smallest absolute Gasteiger partial charge is 0.417 e. The standard InChI is InChI=1S/C49H55F4N7O8S2/c1-30-41(70-29-56-30)32-11-9-31(10-12-32)27-55-43(62)38-8-7-17-58(38)44(63)42(47(2,3)4)57-40(61)28-67-21-20-65-18-19-66-22-23-68-39-16-15-35(25-37(39)50)60-46(69)59(45(64)48(60,5)6)34-14-13-33(26-54)36(24-34)49(51,52)53/h9-16,24-25,29,38,42H,7-8,17-23,27-28H2,1-6H3,(H,55,62)(H,57,61)/t38-,42?/m0/s1. The van der Waals surface area contributed by atoms with Gasteiger partial charge in [0.1, 0.15) is 30.8 Å². The van der Waals surface area contributed by atoms with E-state index in [0.29, 0.717) is 32.0 Å². The zero-order chi connectivity index (χ0) is 51.0. The van der Waals surface area contributed by atoms with E-state index < -0.39 is 58.0 Å². The van der Waals surface area contributed by atoms with Crippen molar-refractivity contribution in [3.05, 3.63) is 94.4 Å². The highest BCUT2D eigenvalue weighted by Crippen LogP contribution is 2.40. The molecule has 2 N–H and O–H groups in total. The summed E-state index contributed by atoms with van der Waals surface area (Å²) in [5.74, 6) is -2.63. The number of anilines is 2. The molecule has 0 bridgehead atoms. The molecule has 374 valence electrons. The number of nitrogens with one attached hydrogen (secondary N) is 2. The summed E-state index contributed by atoms with van der Waals surface area (Å²) in [7, 11) is 0. The lowest BCUT2D eigenvalue weighted by Crippen LogP contribution is -2.58. The highest BCUT2D eigenvalue weighted by molar-refractivity contribution is 7.81. The molecule has 2 atom stereocenters. The van der Waals surface area contributed by atoms with Gasteiger partial charge in [-0.1, -0.05) is 45.0 Å². The van der Waals surface area contributed by atoms with Crippen LogP contribution in [0.25, 0.3) is 10.4 Å². The van der Waals surface area contributed by atoms with Crippen molar-refractivity contribution in [3.63, 3.8) is 0 Å². The highest BCUT2D eigenvalue weighted by atomic mass is 32.1. The number of likely N-dealkylation sites (tertiary alicyclic amines) is 1. The lowest BCUT2D eigenvalue weighted by Gasteiger charge is -2.35. The number of carbonyl (C=O) groups is 4. The topological polar surface area (TPSA) is 176 Å². The third-order valence-corrected chi connectivity index (χ3v) is 13.0. The summed E-state index contributed by atoms with van der Waals surface area (Å²) in [5, 5.41) is 14.8. The summed E-state index contributed by atoms with van der Waals surface area (Å²) in [6.45, 7) is 11.5. The molecule has 0 radical (unpaired) electrons. The van der Waals surface area contributed by atoms with E-state index in [1.165, 1.54) is 43.0 Å². The van der Waals surface area contributed by atoms with Gasteiger partial charge in [0.2, 0.25) is 17.7 Å². The second kappa shape index (κ2) is 22.8. The lowest BCUT2D eigenvalue weighted by atomic mass is 9.85. The highest BCUT2D eigenvalue weighted by Gasteiger charge is 2.51. The Labute approximate surface area is 413 Å². The van der Waals surface area contributed by atoms with E-state index in [1.807, 2.05) is 57.5 Å². The van der Waals surface area contributed by atoms with Gasteiger partial charge in [-0.2, -0.15) is 18.4 Å². The fraction of sp³-hybridized carbons (Fsp3) is 0.449. The molecular weight excluding hydrogens is 955 g/mol. The first-order valence-corrected chi connectivity index (χ1v) is 23.7. The molecule has 1 aromatic heterocycles. The number of carbonyl (C=O) groups excluding carboxylic acids is 4. The van der Waals surface area contributed by atoms with Gasteiger partial charge >= 0.3 is 6.18 Å². The van der Waals surface area contributed by atoms with Gasteiger partial charge in [0.05, 0.1) is 72.0 Å². The predicted octanol–water partition coefficient (Wildman–Crippen LogP) is 7.33. The van der Waals surface area contributed by atoms with Crippen molar-refractivity contribution >= 4 is 63.7 Å². The molecule has 15 nitrogen and oxygen atoms in total. The summed E-state index contributed by atoms with van der Waals surface area (Å²) in [5.41, 5.74) is 0.820. The minimum atomic E-state index is -4.86. The quantitative estimate of drug-likeness (QED) is 0.0513. The number of alkyl halides is 3. The fourth-order valence-corrected chi connectivity index (χ4v) is 9.33. The number of nitrogens with zero attached hydrogens (tertiary/aromatic N) is 5. The number of hydrogen-bond acceptors (Lipinski definition) is 12. The van der Waals surface area contributed by atoms with Crippen LogP contribution in [-0.4, -0.2) is 109 Å². The molecule has 3 heterocycles. The summed E-state index contributed by atoms with van der Waals surface area (Å²) in [6, 6.07) is 14.6. The Hall–Kier alpha value is -6.05. The first-order chi connectivity index (χ1) is 33.1. The predicted molar refractivity (Wildman–Crippen MR) is 257 cm³/mol. The van der Waals surface area contributed by atoms with Crippen molar-refractivity contribution in [1.29, 1.82) is 5.26 Å². The number of nitriles is 1. The third-order valence-electron chi connectivity index (χ3n) is 11.7. The normalized spacial score (nSPS) is 16.4. The van der Waals surface area contributed by atoms with Gasteiger partial charge in [-0.25, -0.2) is 9.37 Å². The van der Waals surface area contributed by atoms with Gasteiger partial charge in [0.15, 0.2) is 16.7 Å². The summed E-state index contributed by atoms with van der Waals surface area (Å²) < 4.78 is 78.4. The molecule has 0 aliphatic carbocycles. The Balaban J connectivity index is 0.870. The summed E-state index contributed by atoms with van der Waals surface area (Å²) >= 11 is 7.10. The molecule has 2 aliphatic rings. The number of aromatic nitrogens is 1. The van der Waals surface area contributed by atoms with Crippen molar-refractivity contribution in [2.75, 3.05) is 62.6 Å². The maximum atomic E-state index is 15.3. The monoisotopic (exact) mass is 1010 g/mol. The van der Waals surface area contributed by atoms with Crippen molar-refractivity contribution in [2.45, 2.75) is 84.7 Å². The molecule has 21 heteroatoms. The first kappa shape index (κ1) is 53.3. The number of hydrogen-bond donors (Lipinski definition) is 2. The number of benzene rings is 3. The number of halogens is 4. The van der Waals surface area contributed by atoms with Crippen molar-refractivity contribution in [2.24, 2.45) is 5.41 Å². The zero-order valence-electron chi connectivity index (χ0n) is 39.6. The number of thiocarbonyl (C=S) groups is 1. The van der Waals surface area contributed by atoms with Gasteiger partial charge in [0.25, 0.3) is 5.91 Å². The zero-order valence-corrected chi connectivity index (χ0v) is 41.2. The molecule has 3 aromatic carbocycles. The fourth-order valence-electron chi connectivity index (χ4n) is 8.00. The SMILES string of the molecule is Cc1ncsc1-c1ccc(CNC(=O)[C@@H]2CCCN2C(=O)C(NC(=O)COCCOCCOCCOc2ccc(N3C(=S)N(c4ccc(C#N)c(C(F)(F)F)c4)C(=O)C3(C)C)cc2F)C(C)(C)C)cc1. The van der Waals surface area contributed by atoms with Crippen LogP contribution in [0, 0.1) is 29.5 Å². The molecule has 2 saturated heterocycles. The molecule has 6 rings (SSSR count). The first-order valence-electron chi connectivity index (χ1n) is 22.5. The van der Waals surface area contributed by atoms with Crippen LogP contribution < -0.4 is 25.2 Å². The van der Waals surface area contributed by atoms with Crippen LogP contribution in [0.3, 0.4) is 0 Å². The maximum Gasteiger partial charge on any atom is 0.417 e. The Bertz CT molecular complexity index is 2600. The van der Waals surface area contributed by atoms with E-state index in [2.05, 4.69) is 15.6 Å². The van der Waals surface area contributed by atoms with E-state index in [4.69, 9.17) is 31.2 Å². The third kappa shape index (κ3) is 12.6. The number of thiazole rings is 1. The van der Waals surface area contributed by atoms with E-state index in [0.717, 1.165) is 38.7 Å². The van der Waals surface area contributed by atoms with Crippen LogP contribution in [-0.2, 0) is 46.1 Å². The van der Waals surface area contributed by atoms with Gasteiger partial charge in [0, 0.05) is 24.8 Å². The van der Waals surface area contributed by atoms with Gasteiger partial charge < -0.3 is 39.4 Å². The van der Waals surface area contributed by atoms with E-state index in [-0.39, 0.29) is 80.3 Å². The van der Waals surface area contributed by atoms with Crippen LogP contribution in [0.2, 0.25) is 0 Å². The maximum absolute atomic E-state index is 15.3. The van der Waals surface area contributed by atoms with Crippen LogP contribution in [0.15, 0.2) is 66.2 Å². The Morgan fingerprint density at radius 3 is 2.23 bits per heavy atom. The van der Waals surface area contributed by atoms with E-state index >= 15 is 4.39 Å². The van der Waals surface area contributed by atoms with E-state index in [1.54, 1.807) is 16.2 Å². The summed E-state index contributed by atoms with van der Waals surface area (Å²) in [4.78, 5) is 62.9. The second-order valence-electron chi connectivity index (χ2n) is 18.1. The number of aryl methyl sites for hydroxylation is 1. The van der Waals surface area contributed by atoms with Crippen molar-refractivity contribution < 1.29 is 55.7 Å². The molecule has 4 amide bonds. The lowest BCUT2D eigenvalue weighted by molar-refractivity contribution is -0.144. The van der Waals surface area contributed by atoms with Crippen LogP contribution in [0.1, 0.15) is 69.8 Å². The van der Waals surface area contributed by atoms with Crippen LogP contribution >= 0.6 is 23.6 Å². The molecule has 4 aromatic rings. The minimum absolute atomic E-state index is 0.0254. The molecule has 0 saturated carbocycles. The number of amides is 4. The van der Waals surface area contributed by atoms with Gasteiger partial charge in [-0.05, 0) is 92.7 Å². The number of rotatable bonds is 20. The van der Waals surface area contributed by atoms with Gasteiger partial charge in [-0.15, -0.1) is 11.3 Å². The average Bonchev–Trinajstić information content (AvgIpc) is 4.02. The number of ether oxygens (including phenoxy) is 4. The molecule has 0 spiro atoms. The molecule has 2 fully saturated rings. The largest absolute Gasteiger partial charge is 0.488 e. The van der Waals surface area contributed by atoms with Crippen molar-refractivity contribution in [3.8, 4) is 22.3 Å². The molecule has 1 unspecified atom stereocenters. The van der Waals surface area contributed by atoms with Crippen LogP contribution in [0.5, 0.6) is 5.75 Å². The Morgan fingerprint density at radius 1 is 0.957 bits per heavy atom. The summed E-state index contributed by atoms with van der Waals surface area (Å²) in [6.07, 6.45) is -3.69. The minimum Gasteiger partial charge on any atom is -0.488 e. The Kier molecular flexibility index (Phi) is 17.4. The van der Waals surface area contributed by atoms with Crippen LogP contribution in [0.4, 0.5) is 28.9 Å². The van der Waals surface area contributed by atoms with Crippen molar-refractivity contribution in [1.82, 2.24) is 20.5 Å². The molecule has 70 heavy (non-hydrogen) atoms. The molecule has 2 aliphatic heterocycles. The molecular formula is C49H55F4N7O8S2. The van der Waals surface area contributed by atoms with Gasteiger partial charge in [-0.3, -0.25) is 24.1 Å². The Morgan fingerprint density at radius 2 is 1.61 bits per heavy atom.